The Morgan fingerprint density at radius 3 is 2.67 bits per heavy atom. The third-order valence-corrected chi connectivity index (χ3v) is 1.73. The first-order chi connectivity index (χ1) is 4.43. The summed E-state index contributed by atoms with van der Waals surface area (Å²) in [6, 6.07) is 0. The Labute approximate surface area is 61.3 Å². The summed E-state index contributed by atoms with van der Waals surface area (Å²) in [5, 5.41) is 0. The van der Waals surface area contributed by atoms with Crippen LogP contribution in [0.2, 0.25) is 0 Å². The number of unbranched alkanes of at least 4 members (excludes halogenated alkanes) is 2. The van der Waals surface area contributed by atoms with Gasteiger partial charge in [0.2, 0.25) is 0 Å². The molecule has 0 aliphatic carbocycles. The van der Waals surface area contributed by atoms with Gasteiger partial charge in [-0.05, 0) is 25.0 Å². The molecule has 0 aromatic heterocycles. The SMILES string of the molecule is SCCCCC[C@@H]1NO1. The van der Waals surface area contributed by atoms with Gasteiger partial charge in [-0.15, -0.1) is 0 Å². The highest BCUT2D eigenvalue weighted by atomic mass is 32.1. The topological polar surface area (TPSA) is 34.5 Å². The van der Waals surface area contributed by atoms with Crippen LogP contribution in [0.5, 0.6) is 0 Å². The molecule has 1 aliphatic heterocycles. The zero-order valence-corrected chi connectivity index (χ0v) is 6.36. The van der Waals surface area contributed by atoms with Crippen LogP contribution in [0.25, 0.3) is 0 Å². The van der Waals surface area contributed by atoms with Crippen molar-refractivity contribution in [3.8, 4) is 0 Å². The largest absolute Gasteiger partial charge is 0.278 e. The number of hydroxylamine groups is 1. The molecule has 0 bridgehead atoms. The van der Waals surface area contributed by atoms with E-state index in [1.807, 2.05) is 0 Å². The van der Waals surface area contributed by atoms with E-state index >= 15 is 0 Å². The van der Waals surface area contributed by atoms with E-state index in [-0.39, 0.29) is 0 Å². The van der Waals surface area contributed by atoms with Crippen molar-refractivity contribution in [2.75, 3.05) is 5.75 Å². The maximum absolute atomic E-state index is 4.82. The Balaban J connectivity index is 1.71. The highest BCUT2D eigenvalue weighted by Crippen LogP contribution is 2.10. The Kier molecular flexibility index (Phi) is 3.40. The van der Waals surface area contributed by atoms with Crippen LogP contribution < -0.4 is 5.48 Å². The maximum Gasteiger partial charge on any atom is 0.151 e. The predicted molar refractivity (Wildman–Crippen MR) is 40.3 cm³/mol. The van der Waals surface area contributed by atoms with E-state index in [0.717, 1.165) is 12.2 Å². The standard InChI is InChI=1S/C6H13NOS/c9-5-3-1-2-4-6-7-8-6/h6-7,9H,1-5H2/t6-/m1/s1. The average molecular weight is 147 g/mol. The predicted octanol–water partition coefficient (Wildman–Crippen LogP) is 1.34. The van der Waals surface area contributed by atoms with Gasteiger partial charge in [-0.2, -0.15) is 18.1 Å². The Bertz CT molecular complexity index is 75.5. The van der Waals surface area contributed by atoms with Crippen LogP contribution >= 0.6 is 12.6 Å². The van der Waals surface area contributed by atoms with Crippen LogP contribution in [0.3, 0.4) is 0 Å². The van der Waals surface area contributed by atoms with Crippen molar-refractivity contribution in [1.29, 1.82) is 0 Å². The Hall–Kier alpha value is 0.270. The molecule has 1 aliphatic rings. The molecule has 1 atom stereocenters. The molecule has 0 unspecified atom stereocenters. The molecule has 3 heteroatoms. The lowest BCUT2D eigenvalue weighted by atomic mass is 10.2. The first kappa shape index (κ1) is 7.38. The van der Waals surface area contributed by atoms with Gasteiger partial charge in [0, 0.05) is 0 Å². The summed E-state index contributed by atoms with van der Waals surface area (Å²) in [5.74, 6) is 1.01. The lowest BCUT2D eigenvalue weighted by molar-refractivity contribution is 0.358. The van der Waals surface area contributed by atoms with Crippen molar-refractivity contribution < 1.29 is 4.84 Å². The van der Waals surface area contributed by atoms with Crippen LogP contribution in [0.4, 0.5) is 0 Å². The third kappa shape index (κ3) is 3.78. The van der Waals surface area contributed by atoms with Crippen molar-refractivity contribution in [3.05, 3.63) is 0 Å². The summed E-state index contributed by atoms with van der Waals surface area (Å²) in [4.78, 5) is 4.82. The van der Waals surface area contributed by atoms with Gasteiger partial charge in [0.1, 0.15) is 0 Å². The van der Waals surface area contributed by atoms with E-state index in [1.165, 1.54) is 19.3 Å². The molecule has 0 aromatic carbocycles. The van der Waals surface area contributed by atoms with Crippen LogP contribution in [0.1, 0.15) is 25.7 Å². The Morgan fingerprint density at radius 2 is 2.11 bits per heavy atom. The summed E-state index contributed by atoms with van der Waals surface area (Å²) < 4.78 is 0. The second-order valence-electron chi connectivity index (χ2n) is 2.30. The fourth-order valence-corrected chi connectivity index (χ4v) is 1.01. The molecule has 1 fully saturated rings. The van der Waals surface area contributed by atoms with E-state index in [4.69, 9.17) is 4.84 Å². The minimum Gasteiger partial charge on any atom is -0.278 e. The molecule has 2 nitrogen and oxygen atoms in total. The van der Waals surface area contributed by atoms with Gasteiger partial charge in [-0.3, -0.25) is 4.84 Å². The Morgan fingerprint density at radius 1 is 1.33 bits per heavy atom. The molecule has 0 saturated carbocycles. The second-order valence-corrected chi connectivity index (χ2v) is 2.74. The molecule has 54 valence electrons. The zero-order chi connectivity index (χ0) is 6.53. The van der Waals surface area contributed by atoms with E-state index in [1.54, 1.807) is 0 Å². The lowest BCUT2D eigenvalue weighted by Gasteiger charge is -1.92. The molecule has 0 spiro atoms. The van der Waals surface area contributed by atoms with Crippen molar-refractivity contribution in [2.45, 2.75) is 31.9 Å². The van der Waals surface area contributed by atoms with E-state index in [0.29, 0.717) is 6.23 Å². The zero-order valence-electron chi connectivity index (χ0n) is 5.47. The van der Waals surface area contributed by atoms with Gasteiger partial charge >= 0.3 is 0 Å². The van der Waals surface area contributed by atoms with Gasteiger partial charge in [0.15, 0.2) is 6.23 Å². The summed E-state index contributed by atoms with van der Waals surface area (Å²) in [7, 11) is 0. The molecule has 1 heterocycles. The molecular formula is C6H13NOS. The molecule has 1 N–H and O–H groups in total. The summed E-state index contributed by atoms with van der Waals surface area (Å²) >= 11 is 4.11. The molecule has 0 aromatic rings. The number of thiol groups is 1. The fraction of sp³-hybridized carbons (Fsp3) is 1.00. The number of hydrogen-bond acceptors (Lipinski definition) is 3. The van der Waals surface area contributed by atoms with Crippen LogP contribution in [-0.2, 0) is 4.84 Å². The van der Waals surface area contributed by atoms with E-state index < -0.39 is 0 Å². The minimum absolute atomic E-state index is 0.380. The lowest BCUT2D eigenvalue weighted by Crippen LogP contribution is -1.89. The number of nitrogens with one attached hydrogen (secondary N) is 1. The van der Waals surface area contributed by atoms with E-state index in [2.05, 4.69) is 18.1 Å². The van der Waals surface area contributed by atoms with Gasteiger partial charge < -0.3 is 0 Å². The van der Waals surface area contributed by atoms with Crippen LogP contribution in [-0.4, -0.2) is 12.0 Å². The molecule has 1 saturated heterocycles. The number of rotatable bonds is 5. The van der Waals surface area contributed by atoms with Gasteiger partial charge in [0.25, 0.3) is 0 Å². The van der Waals surface area contributed by atoms with Crippen molar-refractivity contribution in [1.82, 2.24) is 5.48 Å². The van der Waals surface area contributed by atoms with Gasteiger partial charge in [-0.25, -0.2) is 0 Å². The monoisotopic (exact) mass is 147 g/mol. The first-order valence-corrected chi connectivity index (χ1v) is 4.09. The summed E-state index contributed by atoms with van der Waals surface area (Å²) in [6.07, 6.45) is 5.32. The molecule has 0 radical (unpaired) electrons. The van der Waals surface area contributed by atoms with Gasteiger partial charge in [-0.1, -0.05) is 6.42 Å². The van der Waals surface area contributed by atoms with Crippen molar-refractivity contribution in [2.24, 2.45) is 0 Å². The smallest absolute Gasteiger partial charge is 0.151 e. The van der Waals surface area contributed by atoms with E-state index in [9.17, 15) is 0 Å². The molecule has 0 amide bonds. The fourth-order valence-electron chi connectivity index (χ4n) is 0.784. The third-order valence-electron chi connectivity index (χ3n) is 1.41. The summed E-state index contributed by atoms with van der Waals surface area (Å²) in [5.41, 5.74) is 2.79. The maximum atomic E-state index is 4.82. The number of hydrogen-bond donors (Lipinski definition) is 2. The highest BCUT2D eigenvalue weighted by Gasteiger charge is 2.20. The molecule has 9 heavy (non-hydrogen) atoms. The van der Waals surface area contributed by atoms with Crippen LogP contribution in [0.15, 0.2) is 0 Å². The molecular weight excluding hydrogens is 134 g/mol. The quantitative estimate of drug-likeness (QED) is 0.349. The average Bonchev–Trinajstić information content (AvgIpc) is 2.63. The second kappa shape index (κ2) is 4.14. The summed E-state index contributed by atoms with van der Waals surface area (Å²) in [6.45, 7) is 0. The van der Waals surface area contributed by atoms with Crippen molar-refractivity contribution in [3.63, 3.8) is 0 Å². The highest BCUT2D eigenvalue weighted by molar-refractivity contribution is 7.80. The van der Waals surface area contributed by atoms with Gasteiger partial charge in [0.05, 0.1) is 0 Å². The van der Waals surface area contributed by atoms with Crippen LogP contribution in [0, 0.1) is 0 Å². The molecule has 1 rings (SSSR count). The van der Waals surface area contributed by atoms with Crippen molar-refractivity contribution >= 4 is 12.6 Å². The minimum atomic E-state index is 0.380. The first-order valence-electron chi connectivity index (χ1n) is 3.45. The normalized spacial score (nSPS) is 24.3.